The molecule has 166 valence electrons. The van der Waals surface area contributed by atoms with Crippen molar-refractivity contribution in [2.24, 2.45) is 4.99 Å². The van der Waals surface area contributed by atoms with Gasteiger partial charge >= 0.3 is 12.0 Å². The topological polar surface area (TPSA) is 111 Å². The summed E-state index contributed by atoms with van der Waals surface area (Å²) in [6.45, 7) is 0. The fraction of sp³-hybridized carbons (Fsp3) is 0.120. The first kappa shape index (κ1) is 21.8. The second-order valence-electron chi connectivity index (χ2n) is 7.53. The van der Waals surface area contributed by atoms with Crippen LogP contribution in [0, 0.1) is 0 Å². The predicted octanol–water partition coefficient (Wildman–Crippen LogP) is 3.28. The number of aliphatic imine (C=N–C) groups is 1. The average molecular weight is 442 g/mol. The van der Waals surface area contributed by atoms with Gasteiger partial charge in [-0.1, -0.05) is 60.7 Å². The number of rotatable bonds is 5. The van der Waals surface area contributed by atoms with Crippen LogP contribution in [0.5, 0.6) is 0 Å². The van der Waals surface area contributed by atoms with E-state index in [0.717, 1.165) is 11.1 Å². The van der Waals surface area contributed by atoms with Gasteiger partial charge in [0.1, 0.15) is 0 Å². The molecule has 1 aliphatic heterocycles. The summed E-state index contributed by atoms with van der Waals surface area (Å²) < 4.78 is 0. The molecule has 0 spiro atoms. The van der Waals surface area contributed by atoms with Crippen molar-refractivity contribution in [1.82, 2.24) is 5.32 Å². The molecule has 1 heterocycles. The first-order valence-corrected chi connectivity index (χ1v) is 10.3. The van der Waals surface area contributed by atoms with E-state index in [4.69, 9.17) is 5.11 Å². The molecule has 8 nitrogen and oxygen atoms in total. The van der Waals surface area contributed by atoms with Crippen LogP contribution < -0.4 is 15.5 Å². The van der Waals surface area contributed by atoms with Crippen molar-refractivity contribution in [2.75, 3.05) is 17.3 Å². The Morgan fingerprint density at radius 1 is 1.00 bits per heavy atom. The number of likely N-dealkylation sites (N-methyl/N-ethyl adjacent to an activating group) is 1. The van der Waals surface area contributed by atoms with Gasteiger partial charge in [-0.2, -0.15) is 0 Å². The van der Waals surface area contributed by atoms with Gasteiger partial charge < -0.3 is 20.6 Å². The number of fused-ring (bicyclic) bond motifs is 1. The lowest BCUT2D eigenvalue weighted by atomic mass is 10.0. The van der Waals surface area contributed by atoms with Gasteiger partial charge in [0.2, 0.25) is 6.17 Å². The third kappa shape index (κ3) is 4.90. The molecule has 0 radical (unpaired) electrons. The fourth-order valence-electron chi connectivity index (χ4n) is 3.67. The Kier molecular flexibility index (Phi) is 6.17. The summed E-state index contributed by atoms with van der Waals surface area (Å²) in [6.07, 6.45) is -1.31. The summed E-state index contributed by atoms with van der Waals surface area (Å²) in [5, 5.41) is 14.3. The highest BCUT2D eigenvalue weighted by Crippen LogP contribution is 2.27. The standard InChI is InChI=1S/C25H22N4O4/c1-29-20-13-6-5-12-19(20)22(17-9-3-2-4-10-17)27-23(24(29)32)28-25(33)26-18-11-7-8-16(14-18)15-21(30)31/h2-14,23H,15H2,1H3,(H,30,31)(H2,26,28,33)/t23-/m0/s1. The number of nitrogens with zero attached hydrogens (tertiary/aromatic N) is 2. The minimum Gasteiger partial charge on any atom is -0.481 e. The molecule has 33 heavy (non-hydrogen) atoms. The van der Waals surface area contributed by atoms with E-state index in [1.165, 1.54) is 4.90 Å². The van der Waals surface area contributed by atoms with E-state index in [1.807, 2.05) is 54.6 Å². The van der Waals surface area contributed by atoms with Crippen LogP contribution in [0.4, 0.5) is 16.2 Å². The van der Waals surface area contributed by atoms with Gasteiger partial charge in [0.25, 0.3) is 5.91 Å². The number of carboxylic acids is 1. The van der Waals surface area contributed by atoms with E-state index < -0.39 is 18.2 Å². The lowest BCUT2D eigenvalue weighted by molar-refractivity contribution is -0.136. The zero-order valence-corrected chi connectivity index (χ0v) is 17.9. The molecule has 4 rings (SSSR count). The van der Waals surface area contributed by atoms with Gasteiger partial charge in [-0.25, -0.2) is 9.79 Å². The number of hydrogen-bond acceptors (Lipinski definition) is 4. The number of anilines is 2. The van der Waals surface area contributed by atoms with Crippen LogP contribution >= 0.6 is 0 Å². The smallest absolute Gasteiger partial charge is 0.321 e. The van der Waals surface area contributed by atoms with E-state index >= 15 is 0 Å². The third-order valence-electron chi connectivity index (χ3n) is 5.20. The van der Waals surface area contributed by atoms with Gasteiger partial charge in [0.15, 0.2) is 0 Å². The molecule has 0 aromatic heterocycles. The predicted molar refractivity (Wildman–Crippen MR) is 126 cm³/mol. The number of carbonyl (C=O) groups excluding carboxylic acids is 2. The summed E-state index contributed by atoms with van der Waals surface area (Å²) in [4.78, 5) is 42.9. The summed E-state index contributed by atoms with van der Waals surface area (Å²) in [5.74, 6) is -1.35. The molecule has 1 atom stereocenters. The Morgan fingerprint density at radius 2 is 1.73 bits per heavy atom. The number of carbonyl (C=O) groups is 3. The SMILES string of the molecule is CN1C(=O)[C@H](NC(=O)Nc2cccc(CC(=O)O)c2)N=C(c2ccccc2)c2ccccc21. The van der Waals surface area contributed by atoms with Crippen LogP contribution in [0.3, 0.4) is 0 Å². The Hall–Kier alpha value is -4.46. The van der Waals surface area contributed by atoms with Crippen LogP contribution in [0.15, 0.2) is 83.9 Å². The highest BCUT2D eigenvalue weighted by molar-refractivity contribution is 6.20. The van der Waals surface area contributed by atoms with E-state index in [1.54, 1.807) is 31.3 Å². The highest BCUT2D eigenvalue weighted by Gasteiger charge is 2.30. The molecule has 3 aromatic carbocycles. The third-order valence-corrected chi connectivity index (χ3v) is 5.20. The van der Waals surface area contributed by atoms with E-state index in [-0.39, 0.29) is 12.3 Å². The molecule has 3 N–H and O–H groups in total. The molecular formula is C25H22N4O4. The Morgan fingerprint density at radius 3 is 2.48 bits per heavy atom. The minimum atomic E-state index is -1.15. The number of benzene rings is 3. The molecule has 3 amide bonds. The van der Waals surface area contributed by atoms with Crippen molar-refractivity contribution in [3.05, 3.63) is 95.6 Å². The molecular weight excluding hydrogens is 420 g/mol. The largest absolute Gasteiger partial charge is 0.481 e. The van der Waals surface area contributed by atoms with Crippen molar-refractivity contribution in [3.63, 3.8) is 0 Å². The molecule has 3 aromatic rings. The maximum atomic E-state index is 13.2. The number of amides is 3. The Bertz CT molecular complexity index is 1240. The molecule has 0 saturated heterocycles. The van der Waals surface area contributed by atoms with E-state index in [9.17, 15) is 14.4 Å². The number of nitrogens with one attached hydrogen (secondary N) is 2. The number of aliphatic carboxylic acids is 1. The van der Waals surface area contributed by atoms with Crippen LogP contribution in [-0.2, 0) is 16.0 Å². The van der Waals surface area contributed by atoms with Crippen molar-refractivity contribution in [2.45, 2.75) is 12.6 Å². The van der Waals surface area contributed by atoms with Crippen molar-refractivity contribution in [1.29, 1.82) is 0 Å². The molecule has 0 unspecified atom stereocenters. The Balaban J connectivity index is 1.62. The quantitative estimate of drug-likeness (QED) is 0.563. The Labute approximate surface area is 190 Å². The zero-order valence-electron chi connectivity index (χ0n) is 17.9. The van der Waals surface area contributed by atoms with Gasteiger partial charge in [-0.3, -0.25) is 9.59 Å². The van der Waals surface area contributed by atoms with Gasteiger partial charge in [0, 0.05) is 23.9 Å². The summed E-state index contributed by atoms with van der Waals surface area (Å²) in [5.41, 5.74) is 3.85. The lowest BCUT2D eigenvalue weighted by Gasteiger charge is -2.21. The molecule has 8 heteroatoms. The number of urea groups is 1. The number of para-hydroxylation sites is 1. The first-order valence-electron chi connectivity index (χ1n) is 10.3. The second kappa shape index (κ2) is 9.35. The van der Waals surface area contributed by atoms with Gasteiger partial charge in [-0.15, -0.1) is 0 Å². The van der Waals surface area contributed by atoms with Crippen LogP contribution in [0.2, 0.25) is 0 Å². The lowest BCUT2D eigenvalue weighted by Crippen LogP contribution is -2.47. The van der Waals surface area contributed by atoms with Crippen LogP contribution in [-0.4, -0.2) is 41.9 Å². The monoisotopic (exact) mass is 442 g/mol. The minimum absolute atomic E-state index is 0.161. The molecule has 0 saturated carbocycles. The van der Waals surface area contributed by atoms with Gasteiger partial charge in [-0.05, 0) is 23.8 Å². The van der Waals surface area contributed by atoms with Crippen LogP contribution in [0.1, 0.15) is 16.7 Å². The summed E-state index contributed by atoms with van der Waals surface area (Å²) in [6, 6.07) is 22.8. The highest BCUT2D eigenvalue weighted by atomic mass is 16.4. The normalized spacial score (nSPS) is 15.2. The van der Waals surface area contributed by atoms with E-state index in [2.05, 4.69) is 15.6 Å². The zero-order chi connectivity index (χ0) is 23.4. The fourth-order valence-corrected chi connectivity index (χ4v) is 3.67. The first-order chi connectivity index (χ1) is 15.9. The number of carboxylic acid groups (broad SMARTS) is 1. The van der Waals surface area contributed by atoms with Crippen molar-refractivity contribution >= 4 is 35.0 Å². The van der Waals surface area contributed by atoms with Gasteiger partial charge in [0.05, 0.1) is 17.8 Å². The van der Waals surface area contributed by atoms with Crippen molar-refractivity contribution < 1.29 is 19.5 Å². The van der Waals surface area contributed by atoms with Crippen molar-refractivity contribution in [3.8, 4) is 0 Å². The number of benzodiazepines with no additional fused rings is 1. The molecule has 0 bridgehead atoms. The molecule has 0 aliphatic carbocycles. The van der Waals surface area contributed by atoms with Crippen LogP contribution in [0.25, 0.3) is 0 Å². The molecule has 0 fully saturated rings. The number of hydrogen-bond donors (Lipinski definition) is 3. The maximum absolute atomic E-state index is 13.2. The average Bonchev–Trinajstić information content (AvgIpc) is 2.90. The van der Waals surface area contributed by atoms with E-state index in [0.29, 0.717) is 22.6 Å². The second-order valence-corrected chi connectivity index (χ2v) is 7.53. The summed E-state index contributed by atoms with van der Waals surface area (Å²) >= 11 is 0. The maximum Gasteiger partial charge on any atom is 0.321 e. The summed E-state index contributed by atoms with van der Waals surface area (Å²) in [7, 11) is 1.65. The molecule has 1 aliphatic rings.